The lowest BCUT2D eigenvalue weighted by Crippen LogP contribution is -2.37. The van der Waals surface area contributed by atoms with Crippen LogP contribution in [0.2, 0.25) is 0 Å². The predicted octanol–water partition coefficient (Wildman–Crippen LogP) is 3.50. The quantitative estimate of drug-likeness (QED) is 0.717. The normalized spacial score (nSPS) is 16.5. The lowest BCUT2D eigenvalue weighted by molar-refractivity contribution is 0.0198. The van der Waals surface area contributed by atoms with Gasteiger partial charge in [0.15, 0.2) is 5.82 Å². The maximum Gasteiger partial charge on any atom is 0.258 e. The molecule has 6 nitrogen and oxygen atoms in total. The van der Waals surface area contributed by atoms with Gasteiger partial charge < -0.3 is 9.26 Å². The van der Waals surface area contributed by atoms with E-state index in [1.807, 2.05) is 19.1 Å². The Bertz CT molecular complexity index is 870. The van der Waals surface area contributed by atoms with Gasteiger partial charge in [-0.25, -0.2) is 0 Å². The highest BCUT2D eigenvalue weighted by Gasteiger charge is 2.18. The molecule has 0 amide bonds. The fraction of sp³-hybridized carbons (Fsp3) is 0.350. The second-order valence-corrected chi connectivity index (χ2v) is 6.52. The smallest absolute Gasteiger partial charge is 0.258 e. The molecule has 134 valence electrons. The molecule has 2 aromatic heterocycles. The minimum atomic E-state index is 0.383. The molecule has 0 N–H and O–H groups in total. The molecule has 6 heteroatoms. The van der Waals surface area contributed by atoms with Crippen molar-refractivity contribution in [3.63, 3.8) is 0 Å². The summed E-state index contributed by atoms with van der Waals surface area (Å²) in [6.07, 6.45) is 1.77. The van der Waals surface area contributed by atoms with E-state index in [1.54, 1.807) is 6.20 Å². The van der Waals surface area contributed by atoms with Gasteiger partial charge in [0.25, 0.3) is 5.89 Å². The summed E-state index contributed by atoms with van der Waals surface area (Å²) in [5.74, 6) is 1.14. The molecule has 3 heterocycles. The summed E-state index contributed by atoms with van der Waals surface area (Å²) in [6.45, 7) is 7.65. The molecule has 0 saturated carbocycles. The largest absolute Gasteiger partial charge is 0.379 e. The van der Waals surface area contributed by atoms with Gasteiger partial charge in [-0.15, -0.1) is 0 Å². The van der Waals surface area contributed by atoms with Gasteiger partial charge in [-0.3, -0.25) is 9.88 Å². The number of morpholine rings is 1. The van der Waals surface area contributed by atoms with Crippen LogP contribution < -0.4 is 0 Å². The molecule has 1 saturated heterocycles. The number of aryl methyl sites for hydroxylation is 1. The standard InChI is InChI=1S/C20H22N4O2/c1-14(24-9-11-25-12-10-24)16-3-5-17(6-4-16)19-13-18(7-8-21-19)20-22-15(2)23-26-20/h3-8,13-14H,9-12H2,1-2H3/t14-/m0/s1. The molecular weight excluding hydrogens is 328 g/mol. The Balaban J connectivity index is 1.55. The van der Waals surface area contributed by atoms with Crippen LogP contribution in [0.25, 0.3) is 22.7 Å². The van der Waals surface area contributed by atoms with Crippen LogP contribution in [-0.2, 0) is 4.74 Å². The van der Waals surface area contributed by atoms with Gasteiger partial charge >= 0.3 is 0 Å². The summed E-state index contributed by atoms with van der Waals surface area (Å²) < 4.78 is 10.7. The van der Waals surface area contributed by atoms with Crippen molar-refractivity contribution in [3.8, 4) is 22.7 Å². The molecule has 26 heavy (non-hydrogen) atoms. The van der Waals surface area contributed by atoms with Crippen LogP contribution in [0.1, 0.15) is 24.4 Å². The Morgan fingerprint density at radius 2 is 1.81 bits per heavy atom. The Labute approximate surface area is 152 Å². The molecule has 0 radical (unpaired) electrons. The van der Waals surface area contributed by atoms with Crippen molar-refractivity contribution >= 4 is 0 Å². The van der Waals surface area contributed by atoms with Gasteiger partial charge in [0.1, 0.15) is 0 Å². The summed E-state index contributed by atoms with van der Waals surface area (Å²) in [4.78, 5) is 11.2. The zero-order valence-electron chi connectivity index (χ0n) is 15.1. The number of pyridine rings is 1. The first-order valence-corrected chi connectivity index (χ1v) is 8.89. The molecule has 1 aliphatic heterocycles. The monoisotopic (exact) mass is 350 g/mol. The number of rotatable bonds is 4. The van der Waals surface area contributed by atoms with E-state index in [9.17, 15) is 0 Å². The lowest BCUT2D eigenvalue weighted by Gasteiger charge is -2.32. The van der Waals surface area contributed by atoms with E-state index in [-0.39, 0.29) is 0 Å². The highest BCUT2D eigenvalue weighted by atomic mass is 16.5. The van der Waals surface area contributed by atoms with Gasteiger partial charge in [0.05, 0.1) is 18.9 Å². The summed E-state index contributed by atoms with van der Waals surface area (Å²) in [5, 5.41) is 3.85. The minimum absolute atomic E-state index is 0.383. The van der Waals surface area contributed by atoms with Crippen molar-refractivity contribution in [2.45, 2.75) is 19.9 Å². The second kappa shape index (κ2) is 7.35. The average Bonchev–Trinajstić information content (AvgIpc) is 3.15. The average molecular weight is 350 g/mol. The topological polar surface area (TPSA) is 64.3 Å². The van der Waals surface area contributed by atoms with E-state index >= 15 is 0 Å². The highest BCUT2D eigenvalue weighted by Crippen LogP contribution is 2.26. The number of nitrogens with zero attached hydrogens (tertiary/aromatic N) is 4. The third-order valence-corrected chi connectivity index (χ3v) is 4.82. The minimum Gasteiger partial charge on any atom is -0.379 e. The summed E-state index contributed by atoms with van der Waals surface area (Å²) in [5.41, 5.74) is 4.14. The van der Waals surface area contributed by atoms with E-state index in [1.165, 1.54) is 5.56 Å². The fourth-order valence-corrected chi connectivity index (χ4v) is 3.24. The summed E-state index contributed by atoms with van der Waals surface area (Å²) in [6, 6.07) is 12.9. The molecule has 0 aliphatic carbocycles. The molecular formula is C20H22N4O2. The number of aromatic nitrogens is 3. The summed E-state index contributed by atoms with van der Waals surface area (Å²) in [7, 11) is 0. The Morgan fingerprint density at radius 3 is 2.50 bits per heavy atom. The van der Waals surface area contributed by atoms with Gasteiger partial charge in [-0.1, -0.05) is 29.4 Å². The third kappa shape index (κ3) is 3.52. The zero-order valence-corrected chi connectivity index (χ0v) is 15.1. The van der Waals surface area contributed by atoms with Crippen LogP contribution in [0.4, 0.5) is 0 Å². The van der Waals surface area contributed by atoms with E-state index in [0.717, 1.165) is 43.1 Å². The SMILES string of the molecule is Cc1noc(-c2ccnc(-c3ccc([C@H](C)N4CCOCC4)cc3)c2)n1. The van der Waals surface area contributed by atoms with Crippen molar-refractivity contribution < 1.29 is 9.26 Å². The Hall–Kier alpha value is -2.57. The molecule has 1 atom stereocenters. The van der Waals surface area contributed by atoms with Crippen LogP contribution in [0.5, 0.6) is 0 Å². The molecule has 1 aromatic carbocycles. The maximum atomic E-state index is 5.44. The van der Waals surface area contributed by atoms with E-state index in [4.69, 9.17) is 9.26 Å². The summed E-state index contributed by atoms with van der Waals surface area (Å²) >= 11 is 0. The molecule has 0 unspecified atom stereocenters. The van der Waals surface area contributed by atoms with Gasteiger partial charge in [-0.2, -0.15) is 4.98 Å². The van der Waals surface area contributed by atoms with Crippen molar-refractivity contribution in [2.24, 2.45) is 0 Å². The number of hydrogen-bond acceptors (Lipinski definition) is 6. The van der Waals surface area contributed by atoms with E-state index < -0.39 is 0 Å². The Kier molecular flexibility index (Phi) is 4.77. The number of hydrogen-bond donors (Lipinski definition) is 0. The predicted molar refractivity (Wildman–Crippen MR) is 98.5 cm³/mol. The first-order chi connectivity index (χ1) is 12.7. The van der Waals surface area contributed by atoms with Crippen LogP contribution in [-0.4, -0.2) is 46.3 Å². The van der Waals surface area contributed by atoms with Crippen molar-refractivity contribution in [1.29, 1.82) is 0 Å². The third-order valence-electron chi connectivity index (χ3n) is 4.82. The molecule has 0 bridgehead atoms. The highest BCUT2D eigenvalue weighted by molar-refractivity contribution is 5.66. The first kappa shape index (κ1) is 16.9. The number of ether oxygens (including phenoxy) is 1. The first-order valence-electron chi connectivity index (χ1n) is 8.89. The maximum absolute atomic E-state index is 5.44. The molecule has 3 aromatic rings. The zero-order chi connectivity index (χ0) is 17.9. The van der Waals surface area contributed by atoms with E-state index in [0.29, 0.717) is 17.8 Å². The fourth-order valence-electron chi connectivity index (χ4n) is 3.24. The van der Waals surface area contributed by atoms with Crippen molar-refractivity contribution in [3.05, 3.63) is 54.0 Å². The van der Waals surface area contributed by atoms with Crippen LogP contribution >= 0.6 is 0 Å². The second-order valence-electron chi connectivity index (χ2n) is 6.52. The molecule has 1 aliphatic rings. The van der Waals surface area contributed by atoms with Crippen molar-refractivity contribution in [1.82, 2.24) is 20.0 Å². The van der Waals surface area contributed by atoms with Gasteiger partial charge in [0.2, 0.25) is 0 Å². The van der Waals surface area contributed by atoms with Crippen molar-refractivity contribution in [2.75, 3.05) is 26.3 Å². The molecule has 4 rings (SSSR count). The Morgan fingerprint density at radius 1 is 1.04 bits per heavy atom. The van der Waals surface area contributed by atoms with Gasteiger partial charge in [0, 0.05) is 36.5 Å². The van der Waals surface area contributed by atoms with E-state index in [2.05, 4.69) is 51.2 Å². The molecule has 1 fully saturated rings. The lowest BCUT2D eigenvalue weighted by atomic mass is 10.0. The number of benzene rings is 1. The van der Waals surface area contributed by atoms with Crippen LogP contribution in [0.15, 0.2) is 47.1 Å². The van der Waals surface area contributed by atoms with Crippen LogP contribution in [0, 0.1) is 6.92 Å². The van der Waals surface area contributed by atoms with Crippen LogP contribution in [0.3, 0.4) is 0 Å². The van der Waals surface area contributed by atoms with Gasteiger partial charge in [-0.05, 0) is 31.5 Å². The molecule has 0 spiro atoms.